The van der Waals surface area contributed by atoms with E-state index in [2.05, 4.69) is 58.6 Å². The van der Waals surface area contributed by atoms with Crippen molar-refractivity contribution in [3.8, 4) is 0 Å². The van der Waals surface area contributed by atoms with E-state index in [-0.39, 0.29) is 24.0 Å². The molecule has 0 bridgehead atoms. The molecule has 3 rings (SSSR count). The van der Waals surface area contributed by atoms with Crippen molar-refractivity contribution in [2.75, 3.05) is 24.5 Å². The van der Waals surface area contributed by atoms with Crippen LogP contribution in [0.1, 0.15) is 56.2 Å². The predicted octanol–water partition coefficient (Wildman–Crippen LogP) is 3.67. The van der Waals surface area contributed by atoms with Crippen molar-refractivity contribution in [2.24, 2.45) is 4.99 Å². The number of anilines is 1. The number of nitrogens with one attached hydrogen (secondary N) is 2. The van der Waals surface area contributed by atoms with Crippen molar-refractivity contribution in [1.29, 1.82) is 0 Å². The molecule has 0 aliphatic carbocycles. The van der Waals surface area contributed by atoms with Crippen LogP contribution < -0.4 is 15.5 Å². The normalized spacial score (nSPS) is 14.0. The Labute approximate surface area is 190 Å². The Kier molecular flexibility index (Phi) is 9.69. The van der Waals surface area contributed by atoms with E-state index >= 15 is 0 Å². The van der Waals surface area contributed by atoms with Gasteiger partial charge in [0, 0.05) is 44.4 Å². The van der Waals surface area contributed by atoms with Gasteiger partial charge in [-0.05, 0) is 37.8 Å². The zero-order valence-electron chi connectivity index (χ0n) is 17.7. The van der Waals surface area contributed by atoms with Crippen molar-refractivity contribution in [2.45, 2.75) is 59.5 Å². The van der Waals surface area contributed by atoms with Gasteiger partial charge < -0.3 is 20.1 Å². The first-order valence-electron chi connectivity index (χ1n) is 10.4. The van der Waals surface area contributed by atoms with Crippen LogP contribution in [0.4, 0.5) is 5.82 Å². The molecule has 2 N–H and O–H groups in total. The number of rotatable bonds is 8. The Bertz CT molecular complexity index is 746. The van der Waals surface area contributed by atoms with Crippen LogP contribution in [-0.2, 0) is 25.9 Å². The van der Waals surface area contributed by atoms with Gasteiger partial charge in [0.1, 0.15) is 11.6 Å². The molecule has 0 aromatic carbocycles. The third-order valence-electron chi connectivity index (χ3n) is 5.04. The second kappa shape index (κ2) is 12.0. The van der Waals surface area contributed by atoms with Crippen LogP contribution >= 0.6 is 24.0 Å². The lowest BCUT2D eigenvalue weighted by molar-refractivity contribution is 0.380. The number of aryl methyl sites for hydroxylation is 2. The smallest absolute Gasteiger partial charge is 0.191 e. The minimum absolute atomic E-state index is 0. The molecule has 1 aliphatic rings. The Morgan fingerprint density at radius 3 is 2.55 bits per heavy atom. The van der Waals surface area contributed by atoms with Gasteiger partial charge >= 0.3 is 0 Å². The number of aromatic nitrogens is 2. The van der Waals surface area contributed by atoms with Crippen molar-refractivity contribution in [1.82, 2.24) is 20.8 Å². The van der Waals surface area contributed by atoms with E-state index in [9.17, 15) is 0 Å². The Morgan fingerprint density at radius 2 is 1.93 bits per heavy atom. The van der Waals surface area contributed by atoms with Gasteiger partial charge in [0.2, 0.25) is 0 Å². The predicted molar refractivity (Wildman–Crippen MR) is 128 cm³/mol. The fourth-order valence-corrected chi connectivity index (χ4v) is 3.47. The molecule has 0 saturated carbocycles. The van der Waals surface area contributed by atoms with Gasteiger partial charge in [0.15, 0.2) is 5.96 Å². The zero-order valence-corrected chi connectivity index (χ0v) is 20.0. The monoisotopic (exact) mass is 512 g/mol. The summed E-state index contributed by atoms with van der Waals surface area (Å²) in [5.74, 6) is 2.81. The highest BCUT2D eigenvalue weighted by Gasteiger charge is 2.14. The third-order valence-corrected chi connectivity index (χ3v) is 5.04. The molecule has 0 amide bonds. The van der Waals surface area contributed by atoms with Gasteiger partial charge in [-0.3, -0.25) is 0 Å². The molecule has 2 aromatic heterocycles. The quantitative estimate of drug-likeness (QED) is 0.319. The highest BCUT2D eigenvalue weighted by atomic mass is 127. The summed E-state index contributed by atoms with van der Waals surface area (Å²) >= 11 is 0. The van der Waals surface area contributed by atoms with E-state index in [0.29, 0.717) is 13.1 Å². The summed E-state index contributed by atoms with van der Waals surface area (Å²) < 4.78 is 5.45. The second-order valence-corrected chi connectivity index (χ2v) is 7.01. The maximum atomic E-state index is 5.45. The molecule has 29 heavy (non-hydrogen) atoms. The molecule has 1 aliphatic heterocycles. The van der Waals surface area contributed by atoms with Crippen LogP contribution in [-0.4, -0.2) is 35.7 Å². The van der Waals surface area contributed by atoms with Crippen LogP contribution in [0.25, 0.3) is 0 Å². The van der Waals surface area contributed by atoms with Crippen LogP contribution in [0.3, 0.4) is 0 Å². The lowest BCUT2D eigenvalue weighted by atomic mass is 10.1. The Morgan fingerprint density at radius 1 is 1.14 bits per heavy atom. The minimum Gasteiger partial charge on any atom is -0.361 e. The first-order chi connectivity index (χ1) is 13.7. The van der Waals surface area contributed by atoms with Gasteiger partial charge in [-0.2, -0.15) is 0 Å². The minimum atomic E-state index is 0. The SMILES string of the molecule is CCNC(=NCc1ccc(N2CCCC2)nc1)NCc1c(CC)noc1CC.I. The van der Waals surface area contributed by atoms with Gasteiger partial charge in [0.25, 0.3) is 0 Å². The van der Waals surface area contributed by atoms with Gasteiger partial charge in [-0.25, -0.2) is 9.98 Å². The fourth-order valence-electron chi connectivity index (χ4n) is 3.47. The summed E-state index contributed by atoms with van der Waals surface area (Å²) in [6, 6.07) is 4.23. The Balaban J connectivity index is 0.00000300. The number of nitrogens with zero attached hydrogens (tertiary/aromatic N) is 4. The average molecular weight is 512 g/mol. The second-order valence-electron chi connectivity index (χ2n) is 7.01. The number of halogens is 1. The number of pyridine rings is 1. The highest BCUT2D eigenvalue weighted by molar-refractivity contribution is 14.0. The Hall–Kier alpha value is -1.84. The lowest BCUT2D eigenvalue weighted by Crippen LogP contribution is -2.37. The molecular weight excluding hydrogens is 479 g/mol. The molecular formula is C21H33IN6O. The molecule has 0 atom stereocenters. The maximum absolute atomic E-state index is 5.45. The fraction of sp³-hybridized carbons (Fsp3) is 0.571. The highest BCUT2D eigenvalue weighted by Crippen LogP contribution is 2.18. The van der Waals surface area contributed by atoms with E-state index in [1.54, 1.807) is 0 Å². The molecule has 160 valence electrons. The molecule has 0 spiro atoms. The molecule has 7 nitrogen and oxygen atoms in total. The summed E-state index contributed by atoms with van der Waals surface area (Å²) in [6.45, 7) is 10.5. The molecule has 0 radical (unpaired) electrons. The summed E-state index contributed by atoms with van der Waals surface area (Å²) in [4.78, 5) is 11.7. The number of hydrogen-bond acceptors (Lipinski definition) is 5. The first-order valence-corrected chi connectivity index (χ1v) is 10.4. The summed E-state index contributed by atoms with van der Waals surface area (Å²) in [7, 11) is 0. The molecule has 8 heteroatoms. The van der Waals surface area contributed by atoms with Crippen LogP contribution in [0.15, 0.2) is 27.8 Å². The average Bonchev–Trinajstić information content (AvgIpc) is 3.40. The molecule has 1 fully saturated rings. The largest absolute Gasteiger partial charge is 0.361 e. The first kappa shape index (κ1) is 23.4. The zero-order chi connectivity index (χ0) is 19.8. The van der Waals surface area contributed by atoms with E-state index in [4.69, 9.17) is 9.52 Å². The summed E-state index contributed by atoms with van der Waals surface area (Å²) in [6.07, 6.45) is 6.16. The van der Waals surface area contributed by atoms with Crippen LogP contribution in [0.5, 0.6) is 0 Å². The molecule has 0 unspecified atom stereocenters. The number of hydrogen-bond donors (Lipinski definition) is 2. The standard InChI is InChI=1S/C21H32N6O.HI/c1-4-18-17(19(5-2)28-26-18)15-25-21(22-6-3)24-14-16-9-10-20(23-13-16)27-11-7-8-12-27;/h9-10,13H,4-8,11-12,14-15H2,1-3H3,(H2,22,24,25);1H. The molecule has 3 heterocycles. The van der Waals surface area contributed by atoms with Gasteiger partial charge in [0.05, 0.1) is 12.2 Å². The maximum Gasteiger partial charge on any atom is 0.191 e. The van der Waals surface area contributed by atoms with Crippen molar-refractivity contribution >= 4 is 35.8 Å². The van der Waals surface area contributed by atoms with E-state index in [1.807, 2.05) is 6.20 Å². The van der Waals surface area contributed by atoms with Gasteiger partial charge in [-0.1, -0.05) is 25.1 Å². The summed E-state index contributed by atoms with van der Waals surface area (Å²) in [5, 5.41) is 10.9. The van der Waals surface area contributed by atoms with Crippen LogP contribution in [0, 0.1) is 0 Å². The van der Waals surface area contributed by atoms with E-state index in [0.717, 1.165) is 66.8 Å². The van der Waals surface area contributed by atoms with Crippen molar-refractivity contribution in [3.63, 3.8) is 0 Å². The topological polar surface area (TPSA) is 78.6 Å². The lowest BCUT2D eigenvalue weighted by Gasteiger charge is -2.16. The van der Waals surface area contributed by atoms with Crippen molar-refractivity contribution < 1.29 is 4.52 Å². The number of aliphatic imine (C=N–C) groups is 1. The van der Waals surface area contributed by atoms with E-state index in [1.165, 1.54) is 12.8 Å². The van der Waals surface area contributed by atoms with E-state index < -0.39 is 0 Å². The molecule has 1 saturated heterocycles. The van der Waals surface area contributed by atoms with Crippen LogP contribution in [0.2, 0.25) is 0 Å². The van der Waals surface area contributed by atoms with Crippen molar-refractivity contribution in [3.05, 3.63) is 40.9 Å². The third kappa shape index (κ3) is 6.32. The number of guanidine groups is 1. The summed E-state index contributed by atoms with van der Waals surface area (Å²) in [5.41, 5.74) is 3.27. The van der Waals surface area contributed by atoms with Gasteiger partial charge in [-0.15, -0.1) is 24.0 Å². The molecule has 2 aromatic rings.